The molecule has 0 bridgehead atoms. The molecule has 7 heteroatoms. The van der Waals surface area contributed by atoms with Crippen LogP contribution in [-0.4, -0.2) is 51.8 Å². The molecule has 0 saturated carbocycles. The largest absolute Gasteiger partial charge is 0.497 e. The normalized spacial score (nSPS) is 14.9. The zero-order valence-electron chi connectivity index (χ0n) is 16.7. The van der Waals surface area contributed by atoms with Crippen molar-refractivity contribution in [2.75, 3.05) is 20.2 Å². The molecule has 0 radical (unpaired) electrons. The van der Waals surface area contributed by atoms with Crippen LogP contribution in [0.2, 0.25) is 0 Å². The van der Waals surface area contributed by atoms with Gasteiger partial charge in [0.05, 0.1) is 12.6 Å². The van der Waals surface area contributed by atoms with Crippen molar-refractivity contribution in [2.45, 2.75) is 26.3 Å². The topological polar surface area (TPSA) is 77.3 Å². The molecule has 1 aliphatic heterocycles. The molecule has 150 valence electrons. The van der Waals surface area contributed by atoms with Crippen LogP contribution in [0.1, 0.15) is 40.5 Å². The third-order valence-corrected chi connectivity index (χ3v) is 5.59. The molecule has 3 aromatic rings. The van der Waals surface area contributed by atoms with Gasteiger partial charge < -0.3 is 9.64 Å². The number of ether oxygens (including phenoxy) is 1. The number of rotatable bonds is 5. The molecule has 0 unspecified atom stereocenters. The summed E-state index contributed by atoms with van der Waals surface area (Å²) in [6.07, 6.45) is 1.34. The lowest BCUT2D eigenvalue weighted by Crippen LogP contribution is -2.40. The van der Waals surface area contributed by atoms with Gasteiger partial charge in [-0.15, -0.1) is 5.10 Å². The molecule has 1 saturated heterocycles. The Morgan fingerprint density at radius 3 is 2.41 bits per heavy atom. The number of benzene rings is 2. The number of hydrogen-bond acceptors (Lipinski definition) is 5. The molecule has 29 heavy (non-hydrogen) atoms. The summed E-state index contributed by atoms with van der Waals surface area (Å²) in [4.78, 5) is 27.5. The van der Waals surface area contributed by atoms with Crippen LogP contribution < -0.4 is 4.74 Å². The maximum Gasteiger partial charge on any atom is 0.253 e. The molecule has 1 fully saturated rings. The summed E-state index contributed by atoms with van der Waals surface area (Å²) in [6.45, 7) is 3.89. The van der Waals surface area contributed by atoms with Crippen LogP contribution in [-0.2, 0) is 6.54 Å². The number of carbonyl (C=O) groups is 2. The molecule has 2 heterocycles. The number of fused-ring (bicyclic) bond motifs is 1. The van der Waals surface area contributed by atoms with Crippen molar-refractivity contribution in [1.82, 2.24) is 19.9 Å². The van der Waals surface area contributed by atoms with Crippen molar-refractivity contribution in [2.24, 2.45) is 5.92 Å². The molecule has 1 aliphatic rings. The number of carbonyl (C=O) groups excluding carboxylic acids is 2. The first-order valence-electron chi connectivity index (χ1n) is 9.91. The lowest BCUT2D eigenvalue weighted by Gasteiger charge is -2.31. The second kappa shape index (κ2) is 8.03. The minimum absolute atomic E-state index is 0.0201. The number of hydrogen-bond donors (Lipinski definition) is 0. The van der Waals surface area contributed by atoms with Gasteiger partial charge in [0.1, 0.15) is 11.3 Å². The Kier molecular flexibility index (Phi) is 5.29. The molecular weight excluding hydrogens is 368 g/mol. The first kappa shape index (κ1) is 19.1. The fraction of sp³-hybridized carbons (Fsp3) is 0.364. The predicted molar refractivity (Wildman–Crippen MR) is 109 cm³/mol. The monoisotopic (exact) mass is 392 g/mol. The van der Waals surface area contributed by atoms with E-state index in [1.807, 2.05) is 24.0 Å². The van der Waals surface area contributed by atoms with E-state index >= 15 is 0 Å². The van der Waals surface area contributed by atoms with Gasteiger partial charge in [-0.1, -0.05) is 5.21 Å². The standard InChI is InChI=1S/C22H24N4O3/c1-3-26-20-9-6-17(14-19(20)23-24-26)22(28)25-12-10-16(11-13-25)21(27)15-4-7-18(29-2)8-5-15/h4-9,14,16H,3,10-13H2,1-2H3. The Balaban J connectivity index is 1.41. The SMILES string of the molecule is CCn1nnc2cc(C(=O)N3CCC(C(=O)c4ccc(OC)cc4)CC3)ccc21. The summed E-state index contributed by atoms with van der Waals surface area (Å²) in [5.74, 6) is 0.794. The Morgan fingerprint density at radius 2 is 1.76 bits per heavy atom. The van der Waals surface area contributed by atoms with E-state index in [9.17, 15) is 9.59 Å². The molecular formula is C22H24N4O3. The number of ketones is 1. The Hall–Kier alpha value is -3.22. The van der Waals surface area contributed by atoms with Crippen LogP contribution in [0.25, 0.3) is 11.0 Å². The number of methoxy groups -OCH3 is 1. The van der Waals surface area contributed by atoms with Crippen molar-refractivity contribution in [1.29, 1.82) is 0 Å². The van der Waals surface area contributed by atoms with Crippen LogP contribution in [0, 0.1) is 5.92 Å². The van der Waals surface area contributed by atoms with Crippen LogP contribution in [0.5, 0.6) is 5.75 Å². The summed E-state index contributed by atoms with van der Waals surface area (Å²) >= 11 is 0. The smallest absolute Gasteiger partial charge is 0.253 e. The van der Waals surface area contributed by atoms with Gasteiger partial charge in [0.2, 0.25) is 0 Å². The number of Topliss-reactive ketones (excluding diaryl/α,β-unsaturated/α-hetero) is 1. The van der Waals surface area contributed by atoms with Gasteiger partial charge in [-0.05, 0) is 62.2 Å². The molecule has 0 aliphatic carbocycles. The van der Waals surface area contributed by atoms with E-state index in [0.717, 1.165) is 23.3 Å². The summed E-state index contributed by atoms with van der Waals surface area (Å²) in [5.41, 5.74) is 2.95. The van der Waals surface area contributed by atoms with E-state index in [-0.39, 0.29) is 17.6 Å². The molecule has 0 N–H and O–H groups in total. The first-order chi connectivity index (χ1) is 14.1. The zero-order chi connectivity index (χ0) is 20.4. The van der Waals surface area contributed by atoms with Gasteiger partial charge in [0.15, 0.2) is 5.78 Å². The average molecular weight is 392 g/mol. The average Bonchev–Trinajstić information content (AvgIpc) is 3.20. The van der Waals surface area contributed by atoms with E-state index in [2.05, 4.69) is 10.3 Å². The number of amides is 1. The number of likely N-dealkylation sites (tertiary alicyclic amines) is 1. The van der Waals surface area contributed by atoms with Crippen molar-refractivity contribution in [3.8, 4) is 5.75 Å². The predicted octanol–water partition coefficient (Wildman–Crippen LogP) is 3.19. The van der Waals surface area contributed by atoms with Gasteiger partial charge in [-0.25, -0.2) is 4.68 Å². The Bertz CT molecular complexity index is 1030. The lowest BCUT2D eigenvalue weighted by atomic mass is 9.88. The zero-order valence-corrected chi connectivity index (χ0v) is 16.7. The van der Waals surface area contributed by atoms with Crippen molar-refractivity contribution in [3.05, 3.63) is 53.6 Å². The number of nitrogens with zero attached hydrogens (tertiary/aromatic N) is 4. The second-order valence-electron chi connectivity index (χ2n) is 7.27. The van der Waals surface area contributed by atoms with E-state index in [1.54, 1.807) is 42.1 Å². The van der Waals surface area contributed by atoms with Crippen molar-refractivity contribution in [3.63, 3.8) is 0 Å². The molecule has 4 rings (SSSR count). The number of aromatic nitrogens is 3. The van der Waals surface area contributed by atoms with E-state index in [4.69, 9.17) is 4.74 Å². The Labute approximate surface area is 169 Å². The number of aryl methyl sites for hydroxylation is 1. The molecule has 0 atom stereocenters. The highest BCUT2D eigenvalue weighted by atomic mass is 16.5. The van der Waals surface area contributed by atoms with Gasteiger partial charge in [0.25, 0.3) is 5.91 Å². The van der Waals surface area contributed by atoms with Gasteiger partial charge in [-0.3, -0.25) is 9.59 Å². The lowest BCUT2D eigenvalue weighted by molar-refractivity contribution is 0.0650. The fourth-order valence-electron chi connectivity index (χ4n) is 3.86. The Morgan fingerprint density at radius 1 is 1.07 bits per heavy atom. The summed E-state index contributed by atoms with van der Waals surface area (Å²) in [6, 6.07) is 12.7. The molecule has 1 amide bonds. The third-order valence-electron chi connectivity index (χ3n) is 5.59. The first-order valence-corrected chi connectivity index (χ1v) is 9.91. The van der Waals surface area contributed by atoms with E-state index in [1.165, 1.54) is 0 Å². The summed E-state index contributed by atoms with van der Waals surface area (Å²) < 4.78 is 6.95. The second-order valence-corrected chi connectivity index (χ2v) is 7.27. The minimum atomic E-state index is -0.0561. The highest BCUT2D eigenvalue weighted by Gasteiger charge is 2.28. The van der Waals surface area contributed by atoms with Crippen LogP contribution >= 0.6 is 0 Å². The third kappa shape index (κ3) is 3.72. The van der Waals surface area contributed by atoms with E-state index < -0.39 is 0 Å². The maximum absolute atomic E-state index is 12.9. The van der Waals surface area contributed by atoms with Crippen molar-refractivity contribution >= 4 is 22.7 Å². The summed E-state index contributed by atoms with van der Waals surface area (Å²) in [7, 11) is 1.60. The van der Waals surface area contributed by atoms with Crippen LogP contribution in [0.15, 0.2) is 42.5 Å². The fourth-order valence-corrected chi connectivity index (χ4v) is 3.86. The quantitative estimate of drug-likeness (QED) is 0.623. The van der Waals surface area contributed by atoms with Crippen molar-refractivity contribution < 1.29 is 14.3 Å². The number of piperidine rings is 1. The molecule has 2 aromatic carbocycles. The van der Waals surface area contributed by atoms with Crippen LogP contribution in [0.3, 0.4) is 0 Å². The highest BCUT2D eigenvalue weighted by Crippen LogP contribution is 2.24. The van der Waals surface area contributed by atoms with E-state index in [0.29, 0.717) is 37.1 Å². The van der Waals surface area contributed by atoms with Gasteiger partial charge in [-0.2, -0.15) is 0 Å². The highest BCUT2D eigenvalue weighted by molar-refractivity contribution is 5.99. The molecule has 1 aromatic heterocycles. The van der Waals surface area contributed by atoms with Crippen LogP contribution in [0.4, 0.5) is 0 Å². The maximum atomic E-state index is 12.9. The molecule has 0 spiro atoms. The molecule has 7 nitrogen and oxygen atoms in total. The van der Waals surface area contributed by atoms with Gasteiger partial charge in [0, 0.05) is 36.7 Å². The summed E-state index contributed by atoms with van der Waals surface area (Å²) in [5, 5.41) is 8.24. The van der Waals surface area contributed by atoms with Gasteiger partial charge >= 0.3 is 0 Å². The minimum Gasteiger partial charge on any atom is -0.497 e.